The van der Waals surface area contributed by atoms with E-state index < -0.39 is 17.4 Å². The van der Waals surface area contributed by atoms with E-state index >= 15 is 0 Å². The van der Waals surface area contributed by atoms with Gasteiger partial charge >= 0.3 is 11.7 Å². The summed E-state index contributed by atoms with van der Waals surface area (Å²) in [6, 6.07) is 10.9. The number of nitrogens with zero attached hydrogens (tertiary/aromatic N) is 5. The molecule has 1 N–H and O–H groups in total. The summed E-state index contributed by atoms with van der Waals surface area (Å²) in [6.45, 7) is 3.83. The van der Waals surface area contributed by atoms with Gasteiger partial charge in [0, 0.05) is 24.3 Å². The first-order valence-electron chi connectivity index (χ1n) is 10.5. The molecule has 0 aliphatic heterocycles. The number of aliphatic hydroxyl groups is 1. The molecule has 0 spiro atoms. The van der Waals surface area contributed by atoms with Crippen molar-refractivity contribution >= 4 is 22.8 Å². The van der Waals surface area contributed by atoms with Crippen molar-refractivity contribution in [3.8, 4) is 11.8 Å². The molecule has 172 valence electrons. The Bertz CT molecular complexity index is 1400. The number of halogens is 1. The zero-order valence-corrected chi connectivity index (χ0v) is 19.3. The summed E-state index contributed by atoms with van der Waals surface area (Å²) in [5.41, 5.74) is 1.14. The third-order valence-corrected chi connectivity index (χ3v) is 5.57. The molecule has 0 fully saturated rings. The number of rotatable bonds is 7. The smallest absolute Gasteiger partial charge is 0.332 e. The predicted molar refractivity (Wildman–Crippen MR) is 125 cm³/mol. The lowest BCUT2D eigenvalue weighted by Gasteiger charge is -2.12. The van der Waals surface area contributed by atoms with E-state index in [1.807, 2.05) is 19.1 Å². The summed E-state index contributed by atoms with van der Waals surface area (Å²) < 4.78 is 10.1. The standard InChI is InChI=1S/C23H24ClN5O4/c1-14-4-9-18(12-25-14)33-22-26-20-19(29(22)13-16-5-7-17(24)8-6-16)21(31)28(11-10-15(2)30)23(32)27(20)3/h4-9,12,15,30H,10-11,13H2,1-3H3. The lowest BCUT2D eigenvalue weighted by molar-refractivity contribution is 0.176. The van der Waals surface area contributed by atoms with Crippen LogP contribution in [0.2, 0.25) is 5.02 Å². The molecule has 4 aromatic rings. The average molecular weight is 470 g/mol. The Morgan fingerprint density at radius 1 is 1.12 bits per heavy atom. The van der Waals surface area contributed by atoms with Crippen LogP contribution in [0.25, 0.3) is 11.2 Å². The van der Waals surface area contributed by atoms with E-state index in [4.69, 9.17) is 16.3 Å². The Labute approximate surface area is 194 Å². The van der Waals surface area contributed by atoms with Crippen molar-refractivity contribution in [3.63, 3.8) is 0 Å². The van der Waals surface area contributed by atoms with Crippen molar-refractivity contribution < 1.29 is 9.84 Å². The minimum Gasteiger partial charge on any atom is -0.424 e. The van der Waals surface area contributed by atoms with Gasteiger partial charge in [-0.1, -0.05) is 23.7 Å². The van der Waals surface area contributed by atoms with Crippen molar-refractivity contribution in [2.24, 2.45) is 7.05 Å². The summed E-state index contributed by atoms with van der Waals surface area (Å²) >= 11 is 6.02. The third kappa shape index (κ3) is 4.69. The molecule has 33 heavy (non-hydrogen) atoms. The Balaban J connectivity index is 1.91. The maximum Gasteiger partial charge on any atom is 0.332 e. The fourth-order valence-corrected chi connectivity index (χ4v) is 3.61. The normalized spacial score (nSPS) is 12.3. The van der Waals surface area contributed by atoms with Gasteiger partial charge in [-0.05, 0) is 50.1 Å². The monoisotopic (exact) mass is 469 g/mol. The summed E-state index contributed by atoms with van der Waals surface area (Å²) in [5.74, 6) is 0.452. The largest absolute Gasteiger partial charge is 0.424 e. The van der Waals surface area contributed by atoms with Crippen LogP contribution in [0.4, 0.5) is 0 Å². The molecule has 0 saturated carbocycles. The number of benzene rings is 1. The highest BCUT2D eigenvalue weighted by Crippen LogP contribution is 2.25. The van der Waals surface area contributed by atoms with Crippen molar-refractivity contribution in [1.82, 2.24) is 23.7 Å². The highest BCUT2D eigenvalue weighted by atomic mass is 35.5. The van der Waals surface area contributed by atoms with Crippen LogP contribution in [0.1, 0.15) is 24.6 Å². The third-order valence-electron chi connectivity index (χ3n) is 5.32. The van der Waals surface area contributed by atoms with Gasteiger partial charge in [-0.25, -0.2) is 4.79 Å². The van der Waals surface area contributed by atoms with Gasteiger partial charge in [0.1, 0.15) is 5.75 Å². The van der Waals surface area contributed by atoms with Crippen LogP contribution < -0.4 is 16.0 Å². The quantitative estimate of drug-likeness (QED) is 0.446. The fourth-order valence-electron chi connectivity index (χ4n) is 3.48. The number of aryl methyl sites for hydroxylation is 2. The number of fused-ring (bicyclic) bond motifs is 1. The molecule has 4 rings (SSSR count). The van der Waals surface area contributed by atoms with E-state index in [9.17, 15) is 14.7 Å². The number of hydrogen-bond donors (Lipinski definition) is 1. The van der Waals surface area contributed by atoms with Crippen LogP contribution in [-0.4, -0.2) is 34.9 Å². The first-order valence-corrected chi connectivity index (χ1v) is 10.9. The number of hydrogen-bond acceptors (Lipinski definition) is 6. The molecule has 1 aromatic carbocycles. The highest BCUT2D eigenvalue weighted by Gasteiger charge is 2.22. The zero-order chi connectivity index (χ0) is 23.7. The number of aliphatic hydroxyl groups excluding tert-OH is 1. The van der Waals surface area contributed by atoms with E-state index in [2.05, 4.69) is 9.97 Å². The fraction of sp³-hybridized carbons (Fsp3) is 0.304. The van der Waals surface area contributed by atoms with Crippen LogP contribution in [0.15, 0.2) is 52.2 Å². The molecular weight excluding hydrogens is 446 g/mol. The molecule has 1 unspecified atom stereocenters. The zero-order valence-electron chi connectivity index (χ0n) is 18.5. The topological polar surface area (TPSA) is 104 Å². The molecule has 3 heterocycles. The Morgan fingerprint density at radius 3 is 2.48 bits per heavy atom. The van der Waals surface area contributed by atoms with Gasteiger partial charge in [0.15, 0.2) is 11.2 Å². The summed E-state index contributed by atoms with van der Waals surface area (Å²) in [4.78, 5) is 35.0. The Kier molecular flexibility index (Phi) is 6.35. The van der Waals surface area contributed by atoms with Crippen LogP contribution in [0.3, 0.4) is 0 Å². The predicted octanol–water partition coefficient (Wildman–Crippen LogP) is 2.87. The maximum absolute atomic E-state index is 13.4. The molecule has 9 nitrogen and oxygen atoms in total. The molecule has 0 aliphatic carbocycles. The van der Waals surface area contributed by atoms with Gasteiger partial charge in [0.2, 0.25) is 0 Å². The van der Waals surface area contributed by atoms with Gasteiger partial charge in [-0.3, -0.25) is 23.5 Å². The first-order chi connectivity index (χ1) is 15.7. The van der Waals surface area contributed by atoms with Crippen molar-refractivity contribution in [2.75, 3.05) is 0 Å². The molecule has 3 aromatic heterocycles. The van der Waals surface area contributed by atoms with E-state index in [1.165, 1.54) is 4.57 Å². The van der Waals surface area contributed by atoms with Gasteiger partial charge in [0.05, 0.1) is 18.8 Å². The highest BCUT2D eigenvalue weighted by molar-refractivity contribution is 6.30. The van der Waals surface area contributed by atoms with Gasteiger partial charge in [-0.2, -0.15) is 4.98 Å². The minimum atomic E-state index is -0.649. The van der Waals surface area contributed by atoms with Crippen molar-refractivity contribution in [3.05, 3.63) is 79.7 Å². The second kappa shape index (κ2) is 9.21. The summed E-state index contributed by atoms with van der Waals surface area (Å²) in [6.07, 6.45) is 1.19. The molecule has 0 radical (unpaired) electrons. The van der Waals surface area contributed by atoms with E-state index in [0.717, 1.165) is 15.8 Å². The average Bonchev–Trinajstić information content (AvgIpc) is 3.13. The number of ether oxygens (including phenoxy) is 1. The number of aromatic nitrogens is 5. The summed E-state index contributed by atoms with van der Waals surface area (Å²) in [5, 5.41) is 10.3. The van der Waals surface area contributed by atoms with Crippen LogP contribution in [0, 0.1) is 6.92 Å². The number of imidazole rings is 1. The van der Waals surface area contributed by atoms with Crippen LogP contribution >= 0.6 is 11.6 Å². The van der Waals surface area contributed by atoms with Crippen LogP contribution in [-0.2, 0) is 20.1 Å². The number of pyridine rings is 1. The van der Waals surface area contributed by atoms with Crippen LogP contribution in [0.5, 0.6) is 11.8 Å². The van der Waals surface area contributed by atoms with E-state index in [-0.39, 0.29) is 36.7 Å². The molecule has 0 saturated heterocycles. The van der Waals surface area contributed by atoms with Gasteiger partial charge in [-0.15, -0.1) is 0 Å². The van der Waals surface area contributed by atoms with E-state index in [1.54, 1.807) is 49.0 Å². The SMILES string of the molecule is Cc1ccc(Oc2nc3c(c(=O)n(CCC(C)O)c(=O)n3C)n2Cc2ccc(Cl)cc2)cn1. The minimum absolute atomic E-state index is 0.0866. The van der Waals surface area contributed by atoms with Crippen molar-refractivity contribution in [1.29, 1.82) is 0 Å². The molecule has 10 heteroatoms. The Morgan fingerprint density at radius 2 is 1.85 bits per heavy atom. The molecule has 0 bridgehead atoms. The second-order valence-electron chi connectivity index (χ2n) is 7.95. The van der Waals surface area contributed by atoms with Gasteiger partial charge < -0.3 is 9.84 Å². The molecular formula is C23H24ClN5O4. The van der Waals surface area contributed by atoms with Gasteiger partial charge in [0.25, 0.3) is 5.56 Å². The lowest BCUT2D eigenvalue weighted by atomic mass is 10.2. The maximum atomic E-state index is 13.4. The molecule has 0 aliphatic rings. The Hall–Kier alpha value is -3.43. The first kappa shape index (κ1) is 22.8. The van der Waals surface area contributed by atoms with E-state index in [0.29, 0.717) is 10.8 Å². The second-order valence-corrected chi connectivity index (χ2v) is 8.39. The summed E-state index contributed by atoms with van der Waals surface area (Å²) in [7, 11) is 1.56. The van der Waals surface area contributed by atoms with Crippen molar-refractivity contribution in [2.45, 2.75) is 39.5 Å². The molecule has 1 atom stereocenters. The lowest BCUT2D eigenvalue weighted by Crippen LogP contribution is -2.40. The molecule has 0 amide bonds.